The first-order chi connectivity index (χ1) is 4.84. The summed E-state index contributed by atoms with van der Waals surface area (Å²) in [5, 5.41) is 8.16. The molecule has 1 aromatic carbocycles. The SMILES string of the molecule is N#C[C@@H](F)c1ccccc1. The van der Waals surface area contributed by atoms with Crippen LogP contribution < -0.4 is 0 Å². The molecule has 0 radical (unpaired) electrons. The van der Waals surface area contributed by atoms with Crippen LogP contribution in [-0.4, -0.2) is 0 Å². The second kappa shape index (κ2) is 2.98. The molecule has 0 amide bonds. The molecule has 1 atom stereocenters. The van der Waals surface area contributed by atoms with Crippen LogP contribution in [0.3, 0.4) is 0 Å². The van der Waals surface area contributed by atoms with Gasteiger partial charge in [0.25, 0.3) is 0 Å². The van der Waals surface area contributed by atoms with Crippen molar-refractivity contribution < 1.29 is 4.39 Å². The molecule has 0 fully saturated rings. The summed E-state index contributed by atoms with van der Waals surface area (Å²) in [4.78, 5) is 0. The molecular formula is C8H6FN. The number of hydrogen-bond donors (Lipinski definition) is 0. The first-order valence-corrected chi connectivity index (χ1v) is 2.93. The highest BCUT2D eigenvalue weighted by Gasteiger charge is 2.04. The van der Waals surface area contributed by atoms with E-state index in [1.54, 1.807) is 30.3 Å². The zero-order valence-electron chi connectivity index (χ0n) is 5.29. The Hall–Kier alpha value is -1.36. The van der Waals surface area contributed by atoms with Crippen LogP contribution in [0.25, 0.3) is 0 Å². The van der Waals surface area contributed by atoms with E-state index >= 15 is 0 Å². The van der Waals surface area contributed by atoms with Gasteiger partial charge in [0.2, 0.25) is 6.17 Å². The summed E-state index contributed by atoms with van der Waals surface area (Å²) in [6.07, 6.45) is -1.48. The third-order valence-corrected chi connectivity index (χ3v) is 1.21. The maximum Gasteiger partial charge on any atom is 0.211 e. The van der Waals surface area contributed by atoms with Gasteiger partial charge >= 0.3 is 0 Å². The summed E-state index contributed by atoms with van der Waals surface area (Å²) in [6, 6.07) is 9.90. The van der Waals surface area contributed by atoms with Crippen molar-refractivity contribution in [1.29, 1.82) is 5.26 Å². The topological polar surface area (TPSA) is 23.8 Å². The lowest BCUT2D eigenvalue weighted by atomic mass is 10.1. The minimum absolute atomic E-state index is 0.421. The molecule has 0 saturated heterocycles. The van der Waals surface area contributed by atoms with Crippen molar-refractivity contribution in [3.05, 3.63) is 35.9 Å². The molecule has 10 heavy (non-hydrogen) atoms. The van der Waals surface area contributed by atoms with Crippen LogP contribution in [0.4, 0.5) is 4.39 Å². The smallest absolute Gasteiger partial charge is 0.211 e. The van der Waals surface area contributed by atoms with Gasteiger partial charge in [-0.05, 0) is 0 Å². The molecule has 0 aliphatic rings. The van der Waals surface area contributed by atoms with E-state index in [-0.39, 0.29) is 0 Å². The fourth-order valence-electron chi connectivity index (χ4n) is 0.697. The molecule has 0 unspecified atom stereocenters. The monoisotopic (exact) mass is 135 g/mol. The predicted molar refractivity (Wildman–Crippen MR) is 35.9 cm³/mol. The Balaban J connectivity index is 2.88. The first-order valence-electron chi connectivity index (χ1n) is 2.93. The second-order valence-electron chi connectivity index (χ2n) is 1.90. The van der Waals surface area contributed by atoms with Gasteiger partial charge in [-0.25, -0.2) is 4.39 Å². The zero-order chi connectivity index (χ0) is 7.40. The fourth-order valence-corrected chi connectivity index (χ4v) is 0.697. The molecule has 1 aromatic rings. The van der Waals surface area contributed by atoms with Gasteiger partial charge in [-0.15, -0.1) is 0 Å². The molecule has 0 aliphatic carbocycles. The second-order valence-corrected chi connectivity index (χ2v) is 1.90. The van der Waals surface area contributed by atoms with E-state index in [9.17, 15) is 4.39 Å². The number of nitriles is 1. The minimum Gasteiger partial charge on any atom is -0.226 e. The van der Waals surface area contributed by atoms with Crippen LogP contribution in [-0.2, 0) is 0 Å². The fraction of sp³-hybridized carbons (Fsp3) is 0.125. The van der Waals surface area contributed by atoms with Gasteiger partial charge in [0, 0.05) is 5.56 Å². The molecule has 0 aromatic heterocycles. The normalized spacial score (nSPS) is 12.0. The molecule has 0 N–H and O–H groups in total. The predicted octanol–water partition coefficient (Wildman–Crippen LogP) is 2.22. The van der Waals surface area contributed by atoms with Gasteiger partial charge in [0.15, 0.2) is 0 Å². The van der Waals surface area contributed by atoms with Crippen LogP contribution in [0.1, 0.15) is 11.7 Å². The van der Waals surface area contributed by atoms with Gasteiger partial charge in [-0.1, -0.05) is 30.3 Å². The van der Waals surface area contributed by atoms with E-state index in [1.807, 2.05) is 0 Å². The maximum atomic E-state index is 12.5. The standard InChI is InChI=1S/C8H6FN/c9-8(6-10)7-4-2-1-3-5-7/h1-5,8H/t8-/m1/s1. The largest absolute Gasteiger partial charge is 0.226 e. The first kappa shape index (κ1) is 6.76. The van der Waals surface area contributed by atoms with Crippen LogP contribution in [0.5, 0.6) is 0 Å². The highest BCUT2D eigenvalue weighted by molar-refractivity contribution is 5.21. The lowest BCUT2D eigenvalue weighted by Gasteiger charge is -1.95. The molecule has 0 aliphatic heterocycles. The molecular weight excluding hydrogens is 129 g/mol. The third kappa shape index (κ3) is 1.32. The summed E-state index contributed by atoms with van der Waals surface area (Å²) >= 11 is 0. The summed E-state index contributed by atoms with van der Waals surface area (Å²) in [7, 11) is 0. The molecule has 0 spiro atoms. The number of nitrogens with zero attached hydrogens (tertiary/aromatic N) is 1. The van der Waals surface area contributed by atoms with Crippen molar-refractivity contribution in [2.75, 3.05) is 0 Å². The average molecular weight is 135 g/mol. The highest BCUT2D eigenvalue weighted by atomic mass is 19.1. The number of hydrogen-bond acceptors (Lipinski definition) is 1. The van der Waals surface area contributed by atoms with Gasteiger partial charge in [0.05, 0.1) is 0 Å². The van der Waals surface area contributed by atoms with E-state index < -0.39 is 6.17 Å². The molecule has 0 bridgehead atoms. The van der Waals surface area contributed by atoms with Crippen molar-refractivity contribution >= 4 is 0 Å². The lowest BCUT2D eigenvalue weighted by molar-refractivity contribution is 0.424. The quantitative estimate of drug-likeness (QED) is 0.579. The molecule has 1 nitrogen and oxygen atoms in total. The average Bonchev–Trinajstić information content (AvgIpc) is 2.05. The Morgan fingerprint density at radius 1 is 1.30 bits per heavy atom. The van der Waals surface area contributed by atoms with E-state index in [0.29, 0.717) is 5.56 Å². The van der Waals surface area contributed by atoms with Gasteiger partial charge in [0.1, 0.15) is 6.07 Å². The van der Waals surface area contributed by atoms with Crippen molar-refractivity contribution in [2.45, 2.75) is 6.17 Å². The van der Waals surface area contributed by atoms with Crippen molar-refractivity contribution in [3.8, 4) is 6.07 Å². The Bertz CT molecular complexity index is 237. The number of halogens is 1. The van der Waals surface area contributed by atoms with Crippen LogP contribution in [0.15, 0.2) is 30.3 Å². The van der Waals surface area contributed by atoms with E-state index in [0.717, 1.165) is 0 Å². The summed E-state index contributed by atoms with van der Waals surface area (Å²) < 4.78 is 12.5. The summed E-state index contributed by atoms with van der Waals surface area (Å²) in [5.74, 6) is 0. The molecule has 0 heterocycles. The lowest BCUT2D eigenvalue weighted by Crippen LogP contribution is -1.84. The molecule has 2 heteroatoms. The number of rotatable bonds is 1. The summed E-state index contributed by atoms with van der Waals surface area (Å²) in [5.41, 5.74) is 0.421. The van der Waals surface area contributed by atoms with Crippen molar-refractivity contribution in [3.63, 3.8) is 0 Å². The van der Waals surface area contributed by atoms with Crippen molar-refractivity contribution in [2.24, 2.45) is 0 Å². The minimum atomic E-state index is -1.48. The molecule has 0 saturated carbocycles. The maximum absolute atomic E-state index is 12.5. The van der Waals surface area contributed by atoms with Crippen LogP contribution in [0.2, 0.25) is 0 Å². The van der Waals surface area contributed by atoms with Gasteiger partial charge in [-0.2, -0.15) is 5.26 Å². The van der Waals surface area contributed by atoms with Gasteiger partial charge < -0.3 is 0 Å². The number of alkyl halides is 1. The van der Waals surface area contributed by atoms with E-state index in [2.05, 4.69) is 0 Å². The molecule has 1 rings (SSSR count). The zero-order valence-corrected chi connectivity index (χ0v) is 5.29. The molecule has 50 valence electrons. The Morgan fingerprint density at radius 3 is 2.40 bits per heavy atom. The Labute approximate surface area is 58.7 Å². The highest BCUT2D eigenvalue weighted by Crippen LogP contribution is 2.14. The Kier molecular flexibility index (Phi) is 2.01. The Morgan fingerprint density at radius 2 is 1.90 bits per heavy atom. The summed E-state index contributed by atoms with van der Waals surface area (Å²) in [6.45, 7) is 0. The van der Waals surface area contributed by atoms with Gasteiger partial charge in [-0.3, -0.25) is 0 Å². The van der Waals surface area contributed by atoms with E-state index in [1.165, 1.54) is 6.07 Å². The number of benzene rings is 1. The van der Waals surface area contributed by atoms with Crippen LogP contribution >= 0.6 is 0 Å². The van der Waals surface area contributed by atoms with Crippen LogP contribution in [0, 0.1) is 11.3 Å². The third-order valence-electron chi connectivity index (χ3n) is 1.21. The van der Waals surface area contributed by atoms with Crippen molar-refractivity contribution in [1.82, 2.24) is 0 Å². The van der Waals surface area contributed by atoms with E-state index in [4.69, 9.17) is 5.26 Å².